The Bertz CT molecular complexity index is 256. The molecule has 6 heteroatoms. The Morgan fingerprint density at radius 3 is 2.29 bits per heavy atom. The van der Waals surface area contributed by atoms with E-state index in [2.05, 4.69) is 23.4 Å². The van der Waals surface area contributed by atoms with E-state index in [-0.39, 0.29) is 0 Å². The predicted molar refractivity (Wildman–Crippen MR) is 56.7 cm³/mol. The molecule has 1 N–H and O–H groups in total. The summed E-state index contributed by atoms with van der Waals surface area (Å²) in [5, 5.41) is 0. The highest BCUT2D eigenvalue weighted by molar-refractivity contribution is 7.85. The molecule has 0 radical (unpaired) electrons. The van der Waals surface area contributed by atoms with E-state index in [1.54, 1.807) is 0 Å². The normalized spacial score (nSPS) is 18.8. The van der Waals surface area contributed by atoms with Gasteiger partial charge in [-0.15, -0.1) is 6.58 Å². The van der Waals surface area contributed by atoms with Gasteiger partial charge < -0.3 is 0 Å². The van der Waals surface area contributed by atoms with Gasteiger partial charge in [-0.2, -0.15) is 8.42 Å². The van der Waals surface area contributed by atoms with Gasteiger partial charge in [0.2, 0.25) is 0 Å². The highest BCUT2D eigenvalue weighted by Crippen LogP contribution is 1.99. The molecule has 0 saturated carbocycles. The summed E-state index contributed by atoms with van der Waals surface area (Å²) in [4.78, 5) is 4.68. The third-order valence-electron chi connectivity index (χ3n) is 1.63. The quantitative estimate of drug-likeness (QED) is 0.521. The van der Waals surface area contributed by atoms with Crippen molar-refractivity contribution in [1.29, 1.82) is 0 Å². The maximum Gasteiger partial charge on any atom is 0.261 e. The number of likely N-dealkylation sites (N-methyl/N-ethyl adjacent to an activating group) is 1. The van der Waals surface area contributed by atoms with Crippen LogP contribution in [-0.2, 0) is 10.1 Å². The van der Waals surface area contributed by atoms with Gasteiger partial charge in [0.15, 0.2) is 0 Å². The average molecular weight is 222 g/mol. The minimum absolute atomic E-state index is 0.715. The molecular formula is C8H18N2O3S. The van der Waals surface area contributed by atoms with Crippen molar-refractivity contribution < 1.29 is 13.0 Å². The molecule has 1 fully saturated rings. The molecule has 0 bridgehead atoms. The highest BCUT2D eigenvalue weighted by Gasteiger charge is 2.13. The fraction of sp³-hybridized carbons (Fsp3) is 0.750. The van der Waals surface area contributed by atoms with E-state index in [4.69, 9.17) is 4.55 Å². The van der Waals surface area contributed by atoms with Crippen molar-refractivity contribution in [2.24, 2.45) is 0 Å². The fourth-order valence-electron chi connectivity index (χ4n) is 1.13. The Labute approximate surface area is 85.8 Å². The van der Waals surface area contributed by atoms with Crippen LogP contribution >= 0.6 is 0 Å². The highest BCUT2D eigenvalue weighted by atomic mass is 32.2. The molecule has 1 saturated heterocycles. The lowest BCUT2D eigenvalue weighted by Crippen LogP contribution is -2.22. The monoisotopic (exact) mass is 222 g/mol. The van der Waals surface area contributed by atoms with Crippen LogP contribution in [0, 0.1) is 0 Å². The third kappa shape index (κ3) is 9.66. The first-order valence-electron chi connectivity index (χ1n) is 4.27. The van der Waals surface area contributed by atoms with Gasteiger partial charge in [-0.3, -0.25) is 14.4 Å². The second kappa shape index (κ2) is 6.13. The molecule has 5 nitrogen and oxygen atoms in total. The van der Waals surface area contributed by atoms with E-state index in [0.717, 1.165) is 13.2 Å². The van der Waals surface area contributed by atoms with Crippen LogP contribution in [0.25, 0.3) is 0 Å². The van der Waals surface area contributed by atoms with E-state index in [1.165, 1.54) is 13.1 Å². The molecule has 1 aliphatic rings. The molecule has 14 heavy (non-hydrogen) atoms. The summed E-state index contributed by atoms with van der Waals surface area (Å²) in [5.41, 5.74) is 0. The van der Waals surface area contributed by atoms with Crippen molar-refractivity contribution in [2.75, 3.05) is 39.6 Å². The van der Waals surface area contributed by atoms with Gasteiger partial charge in [0.05, 0.1) is 12.9 Å². The maximum atomic E-state index is 9.19. The Balaban J connectivity index is 0.000000292. The van der Waals surface area contributed by atoms with Gasteiger partial charge in [0.25, 0.3) is 10.1 Å². The Hall–Kier alpha value is -0.430. The van der Waals surface area contributed by atoms with Crippen molar-refractivity contribution in [2.45, 2.75) is 0 Å². The molecule has 1 rings (SSSR count). The van der Waals surface area contributed by atoms with Crippen LogP contribution in [0.2, 0.25) is 0 Å². The van der Waals surface area contributed by atoms with Gasteiger partial charge in [-0.25, -0.2) is 0 Å². The summed E-state index contributed by atoms with van der Waals surface area (Å²) >= 11 is 0. The van der Waals surface area contributed by atoms with Crippen LogP contribution in [0.4, 0.5) is 0 Å². The van der Waals surface area contributed by atoms with Crippen molar-refractivity contribution in [3.63, 3.8) is 0 Å². The van der Waals surface area contributed by atoms with Crippen LogP contribution in [0.5, 0.6) is 0 Å². The number of nitrogens with zero attached hydrogens (tertiary/aromatic N) is 2. The molecule has 0 aromatic rings. The molecule has 0 amide bonds. The first kappa shape index (κ1) is 13.6. The smallest absolute Gasteiger partial charge is 0.261 e. The molecule has 0 aromatic carbocycles. The van der Waals surface area contributed by atoms with Crippen LogP contribution in [0.3, 0.4) is 0 Å². The first-order chi connectivity index (χ1) is 6.33. The van der Waals surface area contributed by atoms with E-state index in [1.807, 2.05) is 6.08 Å². The molecule has 0 spiro atoms. The topological polar surface area (TPSA) is 60.9 Å². The van der Waals surface area contributed by atoms with E-state index in [0.29, 0.717) is 6.26 Å². The molecule has 84 valence electrons. The summed E-state index contributed by atoms with van der Waals surface area (Å²) in [6.07, 6.45) is 2.67. The fourth-order valence-corrected chi connectivity index (χ4v) is 1.13. The second-order valence-corrected chi connectivity index (χ2v) is 4.79. The zero-order chi connectivity index (χ0) is 11.2. The summed E-state index contributed by atoms with van der Waals surface area (Å²) in [6, 6.07) is 0. The van der Waals surface area contributed by atoms with Gasteiger partial charge in [-0.1, -0.05) is 6.08 Å². The van der Waals surface area contributed by atoms with Crippen LogP contribution in [0.15, 0.2) is 12.7 Å². The van der Waals surface area contributed by atoms with Gasteiger partial charge in [0, 0.05) is 19.6 Å². The van der Waals surface area contributed by atoms with E-state index >= 15 is 0 Å². The summed E-state index contributed by atoms with van der Waals surface area (Å²) < 4.78 is 25.9. The van der Waals surface area contributed by atoms with Crippen molar-refractivity contribution >= 4 is 10.1 Å². The predicted octanol–water partition coefficient (Wildman–Crippen LogP) is -0.119. The number of hydrogen-bond acceptors (Lipinski definition) is 4. The zero-order valence-corrected chi connectivity index (χ0v) is 9.50. The minimum atomic E-state index is -3.67. The summed E-state index contributed by atoms with van der Waals surface area (Å²) in [5.74, 6) is 0. The number of rotatable bonds is 2. The second-order valence-electron chi connectivity index (χ2n) is 3.32. The minimum Gasteiger partial charge on any atom is -0.292 e. The summed E-state index contributed by atoms with van der Waals surface area (Å²) in [7, 11) is -1.52. The lowest BCUT2D eigenvalue weighted by Gasteiger charge is -2.11. The molecular weight excluding hydrogens is 204 g/mol. The van der Waals surface area contributed by atoms with Crippen molar-refractivity contribution in [3.05, 3.63) is 12.7 Å². The average Bonchev–Trinajstić information content (AvgIpc) is 2.32. The molecule has 0 aromatic heterocycles. The standard InChI is InChI=1S/C7H14N2.CH4O3S/c1-3-4-9-6-5-8(2)7-9;1-5(2,3)4/h3H,1,4-7H2,2H3;1H3,(H,2,3,4). The number of hydrogen-bond donors (Lipinski definition) is 1. The largest absolute Gasteiger partial charge is 0.292 e. The van der Waals surface area contributed by atoms with Gasteiger partial charge in [0.1, 0.15) is 0 Å². The molecule has 0 atom stereocenters. The summed E-state index contributed by atoms with van der Waals surface area (Å²) in [6.45, 7) is 8.22. The molecule has 0 unspecified atom stereocenters. The van der Waals surface area contributed by atoms with Crippen molar-refractivity contribution in [1.82, 2.24) is 9.80 Å². The zero-order valence-electron chi connectivity index (χ0n) is 8.68. The SMILES string of the molecule is C=CCN1CCN(C)C1.CS(=O)(=O)O. The Kier molecular flexibility index (Phi) is 5.94. The molecule has 0 aliphatic carbocycles. The van der Waals surface area contributed by atoms with Gasteiger partial charge in [-0.05, 0) is 7.05 Å². The maximum absolute atomic E-state index is 9.19. The van der Waals surface area contributed by atoms with Crippen LogP contribution in [-0.4, -0.2) is 62.4 Å². The lowest BCUT2D eigenvalue weighted by atomic mass is 10.5. The Morgan fingerprint density at radius 2 is 2.00 bits per heavy atom. The van der Waals surface area contributed by atoms with Crippen LogP contribution < -0.4 is 0 Å². The van der Waals surface area contributed by atoms with Crippen molar-refractivity contribution in [3.8, 4) is 0 Å². The van der Waals surface area contributed by atoms with E-state index in [9.17, 15) is 8.42 Å². The molecule has 1 aliphatic heterocycles. The lowest BCUT2D eigenvalue weighted by molar-refractivity contribution is 0.296. The molecule has 1 heterocycles. The van der Waals surface area contributed by atoms with E-state index < -0.39 is 10.1 Å². The third-order valence-corrected chi connectivity index (χ3v) is 1.63. The first-order valence-corrected chi connectivity index (χ1v) is 6.12. The Morgan fingerprint density at radius 1 is 1.50 bits per heavy atom. The van der Waals surface area contributed by atoms with Gasteiger partial charge >= 0.3 is 0 Å². The van der Waals surface area contributed by atoms with Crippen LogP contribution in [0.1, 0.15) is 0 Å².